The molecule has 0 aromatic heterocycles. The summed E-state index contributed by atoms with van der Waals surface area (Å²) in [6.45, 7) is 6.22. The topological polar surface area (TPSA) is 38.8 Å². The van der Waals surface area contributed by atoms with E-state index >= 15 is 0 Å². The molecule has 0 spiro atoms. The van der Waals surface area contributed by atoms with Crippen LogP contribution in [-0.2, 0) is 4.79 Å². The fraction of sp³-hybridized carbons (Fsp3) is 0.400. The van der Waals surface area contributed by atoms with Crippen molar-refractivity contribution in [2.75, 3.05) is 57.8 Å². The lowest BCUT2D eigenvalue weighted by molar-refractivity contribution is -0.123. The van der Waals surface area contributed by atoms with Gasteiger partial charge in [0.25, 0.3) is 0 Å². The van der Waals surface area contributed by atoms with Gasteiger partial charge in [-0.15, -0.1) is 0 Å². The summed E-state index contributed by atoms with van der Waals surface area (Å²) in [6.07, 6.45) is 3.03. The Labute approximate surface area is 200 Å². The maximum atomic E-state index is 12.7. The number of rotatable bonds is 7. The van der Waals surface area contributed by atoms with E-state index in [9.17, 15) is 4.79 Å². The average Bonchev–Trinajstić information content (AvgIpc) is 3.21. The van der Waals surface area contributed by atoms with Crippen LogP contribution in [0.3, 0.4) is 0 Å². The Kier molecular flexibility index (Phi) is 7.61. The van der Waals surface area contributed by atoms with Crippen LogP contribution in [0.1, 0.15) is 12.0 Å². The van der Waals surface area contributed by atoms with Gasteiger partial charge < -0.3 is 15.1 Å². The SMILES string of the molecule is CN1CC(C(=O)NCCCN2CCN(c3cccc(Cl)c3Cl)CC2)C=C1c1ccccc1. The van der Waals surface area contributed by atoms with Gasteiger partial charge in [0, 0.05) is 52.0 Å². The molecule has 1 fully saturated rings. The summed E-state index contributed by atoms with van der Waals surface area (Å²) < 4.78 is 0. The smallest absolute Gasteiger partial charge is 0.228 e. The van der Waals surface area contributed by atoms with Crippen molar-refractivity contribution in [1.29, 1.82) is 0 Å². The van der Waals surface area contributed by atoms with E-state index in [0.717, 1.165) is 62.6 Å². The van der Waals surface area contributed by atoms with Crippen LogP contribution in [0.5, 0.6) is 0 Å². The van der Waals surface area contributed by atoms with Crippen LogP contribution in [0.25, 0.3) is 5.70 Å². The zero-order valence-electron chi connectivity index (χ0n) is 18.4. The summed E-state index contributed by atoms with van der Waals surface area (Å²) in [7, 11) is 2.04. The number of amides is 1. The van der Waals surface area contributed by atoms with Gasteiger partial charge in [-0.3, -0.25) is 9.69 Å². The Hall–Kier alpha value is -2.21. The molecule has 1 amide bonds. The number of carbonyl (C=O) groups excluding carboxylic acids is 1. The van der Waals surface area contributed by atoms with Gasteiger partial charge >= 0.3 is 0 Å². The predicted molar refractivity (Wildman–Crippen MR) is 133 cm³/mol. The van der Waals surface area contributed by atoms with Crippen molar-refractivity contribution in [2.24, 2.45) is 5.92 Å². The van der Waals surface area contributed by atoms with Gasteiger partial charge in [-0.05, 0) is 36.7 Å². The van der Waals surface area contributed by atoms with Gasteiger partial charge in [0.05, 0.1) is 21.7 Å². The van der Waals surface area contributed by atoms with Crippen molar-refractivity contribution in [3.63, 3.8) is 0 Å². The number of carbonyl (C=O) groups is 1. The second-order valence-electron chi connectivity index (χ2n) is 8.45. The van der Waals surface area contributed by atoms with Crippen LogP contribution < -0.4 is 10.2 Å². The molecule has 2 aromatic rings. The highest BCUT2D eigenvalue weighted by molar-refractivity contribution is 6.43. The molecule has 0 bridgehead atoms. The first kappa shape index (κ1) is 23.0. The van der Waals surface area contributed by atoms with Gasteiger partial charge in [-0.2, -0.15) is 0 Å². The fourth-order valence-corrected chi connectivity index (χ4v) is 4.86. The number of nitrogens with one attached hydrogen (secondary N) is 1. The van der Waals surface area contributed by atoms with Crippen molar-refractivity contribution in [1.82, 2.24) is 15.1 Å². The van der Waals surface area contributed by atoms with Crippen LogP contribution in [0.15, 0.2) is 54.6 Å². The molecule has 0 saturated carbocycles. The summed E-state index contributed by atoms with van der Waals surface area (Å²) >= 11 is 12.5. The number of piperazine rings is 1. The third kappa shape index (κ3) is 5.40. The van der Waals surface area contributed by atoms with Gasteiger partial charge in [-0.1, -0.05) is 59.6 Å². The number of hydrogen-bond donors (Lipinski definition) is 1. The van der Waals surface area contributed by atoms with Gasteiger partial charge in [0.2, 0.25) is 5.91 Å². The quantitative estimate of drug-likeness (QED) is 0.612. The first-order valence-electron chi connectivity index (χ1n) is 11.2. The molecule has 2 aromatic carbocycles. The molecule has 32 heavy (non-hydrogen) atoms. The third-order valence-electron chi connectivity index (χ3n) is 6.24. The second-order valence-corrected chi connectivity index (χ2v) is 9.24. The van der Waals surface area contributed by atoms with E-state index in [1.54, 1.807) is 0 Å². The summed E-state index contributed by atoms with van der Waals surface area (Å²) in [4.78, 5) is 19.5. The summed E-state index contributed by atoms with van der Waals surface area (Å²) in [5, 5.41) is 4.36. The summed E-state index contributed by atoms with van der Waals surface area (Å²) in [5.74, 6) is 0.0180. The van der Waals surface area contributed by atoms with Gasteiger partial charge in [-0.25, -0.2) is 0 Å². The summed E-state index contributed by atoms with van der Waals surface area (Å²) in [5.41, 5.74) is 3.29. The number of nitrogens with zero attached hydrogens (tertiary/aromatic N) is 3. The molecule has 170 valence electrons. The number of anilines is 1. The number of halogens is 2. The zero-order chi connectivity index (χ0) is 22.5. The molecule has 1 unspecified atom stereocenters. The Bertz CT molecular complexity index is 958. The normalized spacial score (nSPS) is 19.2. The van der Waals surface area contributed by atoms with Crippen molar-refractivity contribution in [2.45, 2.75) is 6.42 Å². The highest BCUT2D eigenvalue weighted by Gasteiger charge is 2.27. The molecule has 1 saturated heterocycles. The lowest BCUT2D eigenvalue weighted by Gasteiger charge is -2.36. The molecular weight excluding hydrogens is 443 g/mol. The van der Waals surface area contributed by atoms with Crippen molar-refractivity contribution >= 4 is 40.5 Å². The highest BCUT2D eigenvalue weighted by Crippen LogP contribution is 2.33. The Morgan fingerprint density at radius 3 is 2.53 bits per heavy atom. The van der Waals surface area contributed by atoms with Crippen LogP contribution in [0.4, 0.5) is 5.69 Å². The molecule has 4 rings (SSSR count). The zero-order valence-corrected chi connectivity index (χ0v) is 19.9. The van der Waals surface area contributed by atoms with E-state index in [-0.39, 0.29) is 11.8 Å². The fourth-order valence-electron chi connectivity index (χ4n) is 4.44. The standard InChI is InChI=1S/C25H30Cl2N4O/c1-29-18-20(17-23(29)19-7-3-2-4-8-19)25(32)28-11-6-12-30-13-15-31(16-14-30)22-10-5-9-21(26)24(22)27/h2-5,7-10,17,20H,6,11-16,18H2,1H3,(H,28,32). The van der Waals surface area contributed by atoms with Crippen LogP contribution in [0, 0.1) is 5.92 Å². The predicted octanol–water partition coefficient (Wildman–Crippen LogP) is 4.22. The van der Waals surface area contributed by atoms with E-state index in [2.05, 4.69) is 38.2 Å². The monoisotopic (exact) mass is 472 g/mol. The van der Waals surface area contributed by atoms with Crippen LogP contribution in [-0.4, -0.2) is 68.6 Å². The molecule has 1 atom stereocenters. The number of benzene rings is 2. The van der Waals surface area contributed by atoms with Crippen molar-refractivity contribution in [3.8, 4) is 0 Å². The largest absolute Gasteiger partial charge is 0.373 e. The Balaban J connectivity index is 1.18. The van der Waals surface area contributed by atoms with E-state index in [1.165, 1.54) is 0 Å². The molecule has 1 N–H and O–H groups in total. The minimum Gasteiger partial charge on any atom is -0.373 e. The first-order chi connectivity index (χ1) is 15.5. The minimum absolute atomic E-state index is 0.0961. The molecule has 0 radical (unpaired) electrons. The average molecular weight is 473 g/mol. The molecule has 2 heterocycles. The maximum absolute atomic E-state index is 12.7. The van der Waals surface area contributed by atoms with Gasteiger partial charge in [0.15, 0.2) is 0 Å². The molecule has 7 heteroatoms. The highest BCUT2D eigenvalue weighted by atomic mass is 35.5. The number of hydrogen-bond acceptors (Lipinski definition) is 4. The van der Waals surface area contributed by atoms with Crippen molar-refractivity contribution in [3.05, 3.63) is 70.2 Å². The first-order valence-corrected chi connectivity index (χ1v) is 12.0. The van der Waals surface area contributed by atoms with E-state index in [4.69, 9.17) is 23.2 Å². The molecule has 0 aliphatic carbocycles. The third-order valence-corrected chi connectivity index (χ3v) is 7.05. The maximum Gasteiger partial charge on any atom is 0.228 e. The molecular formula is C25H30Cl2N4O. The molecule has 2 aliphatic rings. The van der Waals surface area contributed by atoms with E-state index < -0.39 is 0 Å². The lowest BCUT2D eigenvalue weighted by atomic mass is 10.1. The second kappa shape index (κ2) is 10.6. The summed E-state index contributed by atoms with van der Waals surface area (Å²) in [6, 6.07) is 16.0. The Morgan fingerprint density at radius 2 is 1.78 bits per heavy atom. The van der Waals surface area contributed by atoms with E-state index in [1.807, 2.05) is 43.4 Å². The van der Waals surface area contributed by atoms with Crippen LogP contribution in [0.2, 0.25) is 10.0 Å². The van der Waals surface area contributed by atoms with Gasteiger partial charge in [0.1, 0.15) is 0 Å². The lowest BCUT2D eigenvalue weighted by Crippen LogP contribution is -2.47. The molecule has 2 aliphatic heterocycles. The van der Waals surface area contributed by atoms with Crippen molar-refractivity contribution < 1.29 is 4.79 Å². The van der Waals surface area contributed by atoms with Crippen LogP contribution >= 0.6 is 23.2 Å². The Morgan fingerprint density at radius 1 is 1.03 bits per heavy atom. The minimum atomic E-state index is -0.0961. The molecule has 5 nitrogen and oxygen atoms in total. The van der Waals surface area contributed by atoms with E-state index in [0.29, 0.717) is 16.6 Å².